The zero-order valence-electron chi connectivity index (χ0n) is 20.0. The second-order valence-electron chi connectivity index (χ2n) is 8.10. The molecule has 0 aliphatic heterocycles. The third kappa shape index (κ3) is 7.41. The summed E-state index contributed by atoms with van der Waals surface area (Å²) in [5.74, 6) is -1.52. The fourth-order valence-corrected chi connectivity index (χ4v) is 4.40. The molecule has 0 fully saturated rings. The summed E-state index contributed by atoms with van der Waals surface area (Å²) in [7, 11) is 0. The minimum absolute atomic E-state index is 0.0557. The molecule has 4 aromatic rings. The van der Waals surface area contributed by atoms with E-state index in [9.17, 15) is 18.8 Å². The number of thioether (sulfide) groups is 1. The number of anilines is 1. The van der Waals surface area contributed by atoms with Crippen LogP contribution in [0, 0.1) is 5.82 Å². The number of carbonyl (C=O) groups is 3. The zero-order chi connectivity index (χ0) is 26.9. The quantitative estimate of drug-likeness (QED) is 0.137. The van der Waals surface area contributed by atoms with Crippen LogP contribution in [0.15, 0.2) is 114 Å². The number of Topliss-reactive ketones (excluding diaryl/α,β-unsaturated/α-hetero) is 1. The number of hydrogen-bond acceptors (Lipinski definition) is 4. The van der Waals surface area contributed by atoms with E-state index in [4.69, 9.17) is 11.6 Å². The van der Waals surface area contributed by atoms with Gasteiger partial charge in [0.05, 0.1) is 5.75 Å². The molecule has 2 N–H and O–H groups in total. The number of rotatable bonds is 9. The lowest BCUT2D eigenvalue weighted by atomic mass is 10.1. The molecule has 38 heavy (non-hydrogen) atoms. The van der Waals surface area contributed by atoms with Gasteiger partial charge in [0.2, 0.25) is 0 Å². The average Bonchev–Trinajstić information content (AvgIpc) is 2.93. The molecule has 0 saturated carbocycles. The maximum absolute atomic E-state index is 14.3. The van der Waals surface area contributed by atoms with E-state index < -0.39 is 17.6 Å². The number of halogens is 2. The van der Waals surface area contributed by atoms with Crippen LogP contribution in [-0.4, -0.2) is 23.4 Å². The third-order valence-corrected chi connectivity index (χ3v) is 6.61. The van der Waals surface area contributed by atoms with Gasteiger partial charge < -0.3 is 10.6 Å². The van der Waals surface area contributed by atoms with Crippen LogP contribution in [0.2, 0.25) is 5.02 Å². The topological polar surface area (TPSA) is 75.3 Å². The van der Waals surface area contributed by atoms with Gasteiger partial charge in [0.1, 0.15) is 11.5 Å². The molecule has 0 radical (unpaired) electrons. The number of benzene rings is 4. The first kappa shape index (κ1) is 26.9. The van der Waals surface area contributed by atoms with Gasteiger partial charge in [-0.2, -0.15) is 0 Å². The van der Waals surface area contributed by atoms with Gasteiger partial charge in [-0.25, -0.2) is 4.39 Å². The predicted octanol–water partition coefficient (Wildman–Crippen LogP) is 6.86. The lowest BCUT2D eigenvalue weighted by molar-refractivity contribution is -0.113. The monoisotopic (exact) mass is 544 g/mol. The summed E-state index contributed by atoms with van der Waals surface area (Å²) in [5, 5.41) is 5.89. The van der Waals surface area contributed by atoms with Gasteiger partial charge in [0.15, 0.2) is 5.78 Å². The van der Waals surface area contributed by atoms with Crippen molar-refractivity contribution in [3.05, 3.63) is 136 Å². The molecular weight excluding hydrogens is 523 g/mol. The lowest BCUT2D eigenvalue weighted by Gasteiger charge is -2.12. The second kappa shape index (κ2) is 12.9. The minimum Gasteiger partial charge on any atom is -0.321 e. The Labute approximate surface area is 228 Å². The predicted molar refractivity (Wildman–Crippen MR) is 150 cm³/mol. The van der Waals surface area contributed by atoms with E-state index in [0.717, 1.165) is 4.90 Å². The van der Waals surface area contributed by atoms with Gasteiger partial charge in [-0.1, -0.05) is 54.1 Å². The van der Waals surface area contributed by atoms with Crippen molar-refractivity contribution in [3.63, 3.8) is 0 Å². The van der Waals surface area contributed by atoms with Gasteiger partial charge in [0.25, 0.3) is 11.8 Å². The van der Waals surface area contributed by atoms with Crippen LogP contribution in [0.5, 0.6) is 0 Å². The first-order valence-electron chi connectivity index (χ1n) is 11.5. The van der Waals surface area contributed by atoms with Crippen LogP contribution in [-0.2, 0) is 4.79 Å². The van der Waals surface area contributed by atoms with Crippen LogP contribution in [0.25, 0.3) is 6.08 Å². The zero-order valence-corrected chi connectivity index (χ0v) is 21.6. The first-order valence-corrected chi connectivity index (χ1v) is 12.9. The van der Waals surface area contributed by atoms with Crippen molar-refractivity contribution in [1.29, 1.82) is 0 Å². The Bertz CT molecular complexity index is 1490. The SMILES string of the molecule is O=C(Nc1cccc(SCC(=O)c2ccc(Cl)cc2)c1)/C(=C/c1ccccc1F)NC(=O)c1ccccc1. The molecule has 0 spiro atoms. The molecular formula is C30H22ClFN2O3S. The standard InChI is InChI=1S/C30H22ClFN2O3S/c31-23-15-13-20(14-16-23)28(35)19-38-25-11-6-10-24(18-25)33-30(37)27(17-22-9-4-5-12-26(22)32)34-29(36)21-7-2-1-3-8-21/h1-18H,19H2,(H,33,37)(H,34,36)/b27-17-. The molecule has 0 saturated heterocycles. The Morgan fingerprint density at radius 2 is 1.53 bits per heavy atom. The normalized spacial score (nSPS) is 11.1. The largest absolute Gasteiger partial charge is 0.321 e. The molecule has 2 amide bonds. The molecule has 0 bridgehead atoms. The lowest BCUT2D eigenvalue weighted by Crippen LogP contribution is -2.30. The van der Waals surface area contributed by atoms with Crippen LogP contribution < -0.4 is 10.6 Å². The Kier molecular flexibility index (Phi) is 9.08. The van der Waals surface area contributed by atoms with Crippen molar-refractivity contribution < 1.29 is 18.8 Å². The highest BCUT2D eigenvalue weighted by atomic mass is 35.5. The van der Waals surface area contributed by atoms with Crippen LogP contribution in [0.3, 0.4) is 0 Å². The molecule has 0 aromatic heterocycles. The van der Waals surface area contributed by atoms with E-state index in [1.54, 1.807) is 78.9 Å². The summed E-state index contributed by atoms with van der Waals surface area (Å²) in [6.45, 7) is 0. The molecule has 4 rings (SSSR count). The maximum atomic E-state index is 14.3. The van der Waals surface area contributed by atoms with E-state index >= 15 is 0 Å². The third-order valence-electron chi connectivity index (χ3n) is 5.36. The molecule has 190 valence electrons. The number of carbonyl (C=O) groups excluding carboxylic acids is 3. The number of amides is 2. The number of hydrogen-bond donors (Lipinski definition) is 2. The summed E-state index contributed by atoms with van der Waals surface area (Å²) in [4.78, 5) is 39.2. The van der Waals surface area contributed by atoms with E-state index in [1.165, 1.54) is 36.0 Å². The van der Waals surface area contributed by atoms with Crippen molar-refractivity contribution >= 4 is 52.7 Å². The fourth-order valence-electron chi connectivity index (χ4n) is 3.42. The van der Waals surface area contributed by atoms with Gasteiger partial charge in [-0.15, -0.1) is 11.8 Å². The summed E-state index contributed by atoms with van der Waals surface area (Å²) in [5.41, 5.74) is 1.38. The Morgan fingerprint density at radius 3 is 2.26 bits per heavy atom. The highest BCUT2D eigenvalue weighted by molar-refractivity contribution is 8.00. The molecule has 8 heteroatoms. The summed E-state index contributed by atoms with van der Waals surface area (Å²) in [6.07, 6.45) is 1.29. The minimum atomic E-state index is -0.628. The van der Waals surface area contributed by atoms with Gasteiger partial charge in [-0.3, -0.25) is 14.4 Å². The highest BCUT2D eigenvalue weighted by Gasteiger charge is 2.16. The summed E-state index contributed by atoms with van der Waals surface area (Å²) >= 11 is 7.21. The Hall–Kier alpha value is -4.20. The Morgan fingerprint density at radius 1 is 0.816 bits per heavy atom. The van der Waals surface area contributed by atoms with Crippen LogP contribution in [0.1, 0.15) is 26.3 Å². The fraction of sp³-hybridized carbons (Fsp3) is 0.0333. The summed E-state index contributed by atoms with van der Waals surface area (Å²) in [6, 6.07) is 28.0. The summed E-state index contributed by atoms with van der Waals surface area (Å²) < 4.78 is 14.3. The van der Waals surface area contributed by atoms with E-state index in [2.05, 4.69) is 10.6 Å². The van der Waals surface area contributed by atoms with Crippen molar-refractivity contribution in [2.75, 3.05) is 11.1 Å². The van der Waals surface area contributed by atoms with Crippen molar-refractivity contribution in [1.82, 2.24) is 5.32 Å². The molecule has 0 atom stereocenters. The van der Waals surface area contributed by atoms with Gasteiger partial charge in [-0.05, 0) is 66.7 Å². The van der Waals surface area contributed by atoms with Crippen molar-refractivity contribution in [2.24, 2.45) is 0 Å². The molecule has 4 aromatic carbocycles. The van der Waals surface area contributed by atoms with E-state index in [-0.39, 0.29) is 22.8 Å². The van der Waals surface area contributed by atoms with Crippen molar-refractivity contribution in [2.45, 2.75) is 4.90 Å². The van der Waals surface area contributed by atoms with Gasteiger partial charge in [0, 0.05) is 32.3 Å². The molecule has 0 heterocycles. The number of nitrogens with one attached hydrogen (secondary N) is 2. The average molecular weight is 545 g/mol. The van der Waals surface area contributed by atoms with Gasteiger partial charge >= 0.3 is 0 Å². The molecule has 0 aliphatic rings. The van der Waals surface area contributed by atoms with Crippen LogP contribution >= 0.6 is 23.4 Å². The molecule has 0 unspecified atom stereocenters. The molecule has 0 aliphatic carbocycles. The van der Waals surface area contributed by atoms with Crippen molar-refractivity contribution in [3.8, 4) is 0 Å². The Balaban J connectivity index is 1.49. The van der Waals surface area contributed by atoms with E-state index in [0.29, 0.717) is 21.8 Å². The molecule has 5 nitrogen and oxygen atoms in total. The smallest absolute Gasteiger partial charge is 0.272 e. The first-order chi connectivity index (χ1) is 18.4. The van der Waals surface area contributed by atoms with E-state index in [1.807, 2.05) is 6.07 Å². The number of ketones is 1. The highest BCUT2D eigenvalue weighted by Crippen LogP contribution is 2.24. The second-order valence-corrected chi connectivity index (χ2v) is 9.59. The van der Waals surface area contributed by atoms with Crippen LogP contribution in [0.4, 0.5) is 10.1 Å². The maximum Gasteiger partial charge on any atom is 0.272 e.